The van der Waals surface area contributed by atoms with E-state index < -0.39 is 0 Å². The van der Waals surface area contributed by atoms with E-state index in [1.54, 1.807) is 49.7 Å². The fourth-order valence-corrected chi connectivity index (χ4v) is 9.10. The maximum atomic E-state index is 3.30. The molecule has 0 atom stereocenters. The molecule has 0 amide bonds. The summed E-state index contributed by atoms with van der Waals surface area (Å²) in [5.41, 5.74) is 13.6. The molecule has 0 nitrogen and oxygen atoms in total. The van der Waals surface area contributed by atoms with Gasteiger partial charge in [0.05, 0.1) is 0 Å². The van der Waals surface area contributed by atoms with Crippen LogP contribution in [0, 0.1) is 50.0 Å². The van der Waals surface area contributed by atoms with E-state index in [9.17, 15) is 0 Å². The average molecular weight is 673 g/mol. The second-order valence-corrected chi connectivity index (χ2v) is 14.0. The molecule has 3 heteroatoms. The van der Waals surface area contributed by atoms with Crippen LogP contribution in [0.3, 0.4) is 0 Å². The van der Waals surface area contributed by atoms with Gasteiger partial charge in [-0.15, -0.1) is 5.56 Å². The molecule has 218 valence electrons. The van der Waals surface area contributed by atoms with Crippen LogP contribution in [0.4, 0.5) is 0 Å². The molecule has 42 heavy (non-hydrogen) atoms. The summed E-state index contributed by atoms with van der Waals surface area (Å²) in [4.78, 5) is 0. The minimum atomic E-state index is 0. The first-order chi connectivity index (χ1) is 19.4. The van der Waals surface area contributed by atoms with E-state index in [0.29, 0.717) is 5.41 Å². The van der Waals surface area contributed by atoms with E-state index >= 15 is 0 Å². The Labute approximate surface area is 281 Å². The third kappa shape index (κ3) is 7.52. The summed E-state index contributed by atoms with van der Waals surface area (Å²) in [6, 6.07) is 31.5. The largest absolute Gasteiger partial charge is 1.00 e. The Morgan fingerprint density at radius 2 is 1.45 bits per heavy atom. The van der Waals surface area contributed by atoms with Crippen molar-refractivity contribution in [3.63, 3.8) is 0 Å². The molecule has 9 rings (SSSR count). The molecule has 0 saturated heterocycles. The Kier molecular flexibility index (Phi) is 11.4. The molecule has 5 aliphatic carbocycles. The normalized spacial score (nSPS) is 23.6. The van der Waals surface area contributed by atoms with Crippen molar-refractivity contribution < 1.29 is 49.0 Å². The van der Waals surface area contributed by atoms with Crippen LogP contribution >= 0.6 is 0 Å². The molecule has 0 heterocycles. The van der Waals surface area contributed by atoms with Gasteiger partial charge in [-0.3, -0.25) is 0 Å². The number of fused-ring (bicyclic) bond motifs is 3. The van der Waals surface area contributed by atoms with Crippen molar-refractivity contribution >= 4 is 3.71 Å². The van der Waals surface area contributed by atoms with Gasteiger partial charge in [0.1, 0.15) is 0 Å². The number of benzene rings is 3. The summed E-state index contributed by atoms with van der Waals surface area (Å²) in [6.45, 7) is 6.66. The van der Waals surface area contributed by atoms with E-state index in [-0.39, 0.29) is 24.8 Å². The number of rotatable bonds is 3. The maximum absolute atomic E-state index is 3.30. The van der Waals surface area contributed by atoms with Crippen molar-refractivity contribution in [2.24, 2.45) is 23.2 Å². The smallest absolute Gasteiger partial charge is 0.0253 e. The number of hydrogen-bond donors (Lipinski definition) is 0. The zero-order chi connectivity index (χ0) is 27.7. The molecule has 0 radical (unpaired) electrons. The molecular formula is C39H42Cl2Zr-2. The molecular weight excluding hydrogens is 631 g/mol. The van der Waals surface area contributed by atoms with Gasteiger partial charge in [0.2, 0.25) is 0 Å². The summed E-state index contributed by atoms with van der Waals surface area (Å²) < 4.78 is 2.19. The van der Waals surface area contributed by atoms with Crippen LogP contribution in [0.25, 0.3) is 11.1 Å². The minimum Gasteiger partial charge on any atom is -1.00 e. The maximum Gasteiger partial charge on any atom is -0.0253 e. The van der Waals surface area contributed by atoms with Crippen LogP contribution in [0.5, 0.6) is 0 Å². The standard InChI is InChI=1S/C18H25.C13H9.C8H8.2ClH.Zr/c1-12-3-13(2)17(4-12)11-18-8-14-5-15(9-18)7-16(6-14)10-18;1-3-7-12-10(5-1)9-11-6-2-4-8-13(11)12;1-7-3-5-8(2)6-4-7;;;/h3-4,14-16H,5-11H2,1-2H3;1-5,7-8H,9H2;1,3-6H,2H3;2*1H;/q2*-1;;;;+2/p-2. The Morgan fingerprint density at radius 1 is 0.833 bits per heavy atom. The second kappa shape index (κ2) is 14.4. The average Bonchev–Trinajstić information content (AvgIpc) is 3.47. The van der Waals surface area contributed by atoms with Gasteiger partial charge in [-0.2, -0.15) is 52.6 Å². The number of aryl methyl sites for hydroxylation is 3. The van der Waals surface area contributed by atoms with Crippen LogP contribution in [-0.2, 0) is 37.1 Å². The third-order valence-electron chi connectivity index (χ3n) is 9.94. The van der Waals surface area contributed by atoms with Crippen LogP contribution in [0.1, 0.15) is 77.5 Å². The first kappa shape index (κ1) is 33.2. The van der Waals surface area contributed by atoms with E-state index in [1.165, 1.54) is 69.6 Å². The molecule has 4 saturated carbocycles. The van der Waals surface area contributed by atoms with Crippen molar-refractivity contribution in [3.05, 3.63) is 124 Å². The summed E-state index contributed by atoms with van der Waals surface area (Å²) >= 11 is 1.47. The predicted octanol–water partition coefficient (Wildman–Crippen LogP) is 3.54. The summed E-state index contributed by atoms with van der Waals surface area (Å²) in [7, 11) is 0. The van der Waals surface area contributed by atoms with E-state index in [4.69, 9.17) is 0 Å². The quantitative estimate of drug-likeness (QED) is 0.258. The van der Waals surface area contributed by atoms with Crippen molar-refractivity contribution in [1.82, 2.24) is 0 Å². The molecule has 0 spiro atoms. The molecule has 4 aromatic rings. The van der Waals surface area contributed by atoms with Gasteiger partial charge in [-0.1, -0.05) is 55.7 Å². The monoisotopic (exact) mass is 670 g/mol. The molecule has 4 aromatic carbocycles. The van der Waals surface area contributed by atoms with Gasteiger partial charge in [-0.05, 0) is 68.1 Å². The topological polar surface area (TPSA) is 0 Å². The van der Waals surface area contributed by atoms with E-state index in [0.717, 1.165) is 24.2 Å². The third-order valence-corrected chi connectivity index (χ3v) is 10.8. The zero-order valence-corrected chi connectivity index (χ0v) is 29.2. The molecule has 0 aliphatic heterocycles. The summed E-state index contributed by atoms with van der Waals surface area (Å²) in [5.74, 6) is 3.27. The first-order valence-corrected chi connectivity index (χ1v) is 16.7. The van der Waals surface area contributed by atoms with Gasteiger partial charge in [0.25, 0.3) is 0 Å². The first-order valence-electron chi connectivity index (χ1n) is 15.3. The molecule has 0 unspecified atom stereocenters. The van der Waals surface area contributed by atoms with Crippen LogP contribution in [0.2, 0.25) is 0 Å². The SMILES string of the molecule is Cc1cc(CC23CC4CC(CC(C4)C2)C3)c(C)[cH-]1.Cc1ccc([CH]=[Zr+2])cc1.[Cl-].[Cl-].[c-]1cccc2c1Cc1ccccc1-2. The number of halogens is 2. The van der Waals surface area contributed by atoms with Gasteiger partial charge in [-0.25, -0.2) is 6.07 Å². The van der Waals surface area contributed by atoms with Crippen LogP contribution in [-0.4, -0.2) is 3.71 Å². The predicted molar refractivity (Wildman–Crippen MR) is 166 cm³/mol. The Hall–Kier alpha value is -1.66. The van der Waals surface area contributed by atoms with Crippen LogP contribution < -0.4 is 24.8 Å². The molecule has 0 N–H and O–H groups in total. The van der Waals surface area contributed by atoms with Gasteiger partial charge in [0.15, 0.2) is 0 Å². The van der Waals surface area contributed by atoms with E-state index in [1.807, 2.05) is 6.07 Å². The molecule has 5 aliphatic rings. The summed E-state index contributed by atoms with van der Waals surface area (Å²) in [5, 5.41) is 0. The van der Waals surface area contributed by atoms with Gasteiger partial charge in [0, 0.05) is 0 Å². The van der Waals surface area contributed by atoms with Crippen molar-refractivity contribution in [3.8, 4) is 11.1 Å². The second-order valence-electron chi connectivity index (χ2n) is 13.3. The molecule has 0 aromatic heterocycles. The van der Waals surface area contributed by atoms with E-state index in [2.05, 4.69) is 103 Å². The Balaban J connectivity index is 0.000000150. The van der Waals surface area contributed by atoms with Crippen LogP contribution in [0.15, 0.2) is 78.9 Å². The van der Waals surface area contributed by atoms with Crippen molar-refractivity contribution in [2.45, 2.75) is 72.1 Å². The minimum absolute atomic E-state index is 0. The summed E-state index contributed by atoms with van der Waals surface area (Å²) in [6.07, 6.45) is 11.8. The van der Waals surface area contributed by atoms with Crippen molar-refractivity contribution in [1.29, 1.82) is 0 Å². The van der Waals surface area contributed by atoms with Gasteiger partial charge >= 0.3 is 70.3 Å². The molecule has 4 fully saturated rings. The Bertz CT molecular complexity index is 1400. The van der Waals surface area contributed by atoms with Crippen molar-refractivity contribution in [2.75, 3.05) is 0 Å². The fraction of sp³-hybridized carbons (Fsp3) is 0.385. The van der Waals surface area contributed by atoms with Gasteiger partial charge < -0.3 is 24.8 Å². The zero-order valence-electron chi connectivity index (χ0n) is 25.2. The Morgan fingerprint density at radius 3 is 2.05 bits per heavy atom. The molecule has 4 bridgehead atoms. The number of hydrogen-bond acceptors (Lipinski definition) is 0. The fourth-order valence-electron chi connectivity index (χ4n) is 8.63.